The summed E-state index contributed by atoms with van der Waals surface area (Å²) in [5.74, 6) is 0.125. The Hall–Kier alpha value is -2.73. The summed E-state index contributed by atoms with van der Waals surface area (Å²) in [6.45, 7) is 1.15. The van der Waals surface area contributed by atoms with Gasteiger partial charge in [-0.25, -0.2) is 9.97 Å². The monoisotopic (exact) mass is 385 g/mol. The van der Waals surface area contributed by atoms with Gasteiger partial charge in [0.1, 0.15) is 23.3 Å². The number of fused-ring (bicyclic) bond motifs is 1. The first-order valence-electron chi connectivity index (χ1n) is 8.69. The molecule has 0 saturated carbocycles. The number of carboxylic acid groups (broad SMARTS) is 1. The molecule has 9 heteroatoms. The van der Waals surface area contributed by atoms with Crippen LogP contribution >= 0.6 is 9.39 Å². The van der Waals surface area contributed by atoms with Gasteiger partial charge >= 0.3 is 5.97 Å². The fourth-order valence-corrected chi connectivity index (χ4v) is 3.60. The van der Waals surface area contributed by atoms with Gasteiger partial charge in [-0.15, -0.1) is 0 Å². The summed E-state index contributed by atoms with van der Waals surface area (Å²) in [5, 5.41) is 9.37. The fourth-order valence-electron chi connectivity index (χ4n) is 3.36. The molecule has 2 unspecified atom stereocenters. The summed E-state index contributed by atoms with van der Waals surface area (Å²) in [5.41, 5.74) is 3.01. The largest absolute Gasteiger partial charge is 0.497 e. The summed E-state index contributed by atoms with van der Waals surface area (Å²) in [4.78, 5) is 27.2. The van der Waals surface area contributed by atoms with Crippen LogP contribution in [0.3, 0.4) is 0 Å². The molecule has 2 atom stereocenters. The number of ether oxygens (including phenoxy) is 1. The number of imidazole rings is 1. The van der Waals surface area contributed by atoms with Gasteiger partial charge in [-0.1, -0.05) is 0 Å². The average Bonchev–Trinajstić information content (AvgIpc) is 3.08. The van der Waals surface area contributed by atoms with Crippen LogP contribution in [0.4, 0.5) is 5.95 Å². The standard InChI is InChI=1S/C18H20N5O3P/c1-26-13-6-4-11(5-7-13)14-15-16(23(27)10-19-15)21-18(20-14)22-8-2-3-12(9-22)17(24)25/h4-7,10,12H,2-3,8-9,27H2,1H3,(H,24,25). The van der Waals surface area contributed by atoms with Crippen molar-refractivity contribution in [1.82, 2.24) is 19.3 Å². The highest BCUT2D eigenvalue weighted by atomic mass is 31.0. The Morgan fingerprint density at radius 3 is 2.78 bits per heavy atom. The van der Waals surface area contributed by atoms with E-state index in [1.807, 2.05) is 29.2 Å². The highest BCUT2D eigenvalue weighted by molar-refractivity contribution is 7.14. The van der Waals surface area contributed by atoms with E-state index in [1.54, 1.807) is 17.8 Å². The van der Waals surface area contributed by atoms with Crippen LogP contribution in [0.2, 0.25) is 0 Å². The third-order valence-electron chi connectivity index (χ3n) is 4.83. The molecule has 0 spiro atoms. The van der Waals surface area contributed by atoms with E-state index in [1.165, 1.54) is 0 Å². The van der Waals surface area contributed by atoms with E-state index in [0.717, 1.165) is 30.0 Å². The molecule has 3 heterocycles. The number of aromatic nitrogens is 4. The molecule has 1 aliphatic heterocycles. The van der Waals surface area contributed by atoms with Gasteiger partial charge in [-0.05, 0) is 46.5 Å². The molecule has 1 saturated heterocycles. The highest BCUT2D eigenvalue weighted by Gasteiger charge is 2.28. The van der Waals surface area contributed by atoms with Crippen LogP contribution in [-0.2, 0) is 4.79 Å². The summed E-state index contributed by atoms with van der Waals surface area (Å²) in [6.07, 6.45) is 3.16. The van der Waals surface area contributed by atoms with Gasteiger partial charge in [-0.2, -0.15) is 4.98 Å². The average molecular weight is 385 g/mol. The quantitative estimate of drug-likeness (QED) is 0.690. The topological polar surface area (TPSA) is 93.4 Å². The zero-order valence-corrected chi connectivity index (χ0v) is 16.0. The summed E-state index contributed by atoms with van der Waals surface area (Å²) >= 11 is 0. The lowest BCUT2D eigenvalue weighted by Crippen LogP contribution is -2.39. The molecule has 0 aliphatic carbocycles. The van der Waals surface area contributed by atoms with E-state index in [2.05, 4.69) is 19.4 Å². The molecule has 1 fully saturated rings. The van der Waals surface area contributed by atoms with Crippen molar-refractivity contribution in [2.24, 2.45) is 5.92 Å². The summed E-state index contributed by atoms with van der Waals surface area (Å²) in [7, 11) is 4.20. The number of hydrogen-bond donors (Lipinski definition) is 1. The van der Waals surface area contributed by atoms with Gasteiger partial charge in [0.15, 0.2) is 5.65 Å². The molecular weight excluding hydrogens is 365 g/mol. The highest BCUT2D eigenvalue weighted by Crippen LogP contribution is 2.30. The van der Waals surface area contributed by atoms with Crippen LogP contribution in [-0.4, -0.2) is 50.6 Å². The number of rotatable bonds is 4. The van der Waals surface area contributed by atoms with Crippen molar-refractivity contribution in [2.75, 3.05) is 25.1 Å². The van der Waals surface area contributed by atoms with Crippen molar-refractivity contribution in [1.29, 1.82) is 0 Å². The summed E-state index contributed by atoms with van der Waals surface area (Å²) in [6, 6.07) is 7.62. The number of methoxy groups -OCH3 is 1. The third-order valence-corrected chi connectivity index (χ3v) is 5.20. The first-order valence-corrected chi connectivity index (χ1v) is 9.21. The minimum Gasteiger partial charge on any atom is -0.497 e. The maximum absolute atomic E-state index is 11.4. The van der Waals surface area contributed by atoms with Crippen LogP contribution in [0.25, 0.3) is 22.4 Å². The number of carbonyl (C=O) groups is 1. The Kier molecular flexibility index (Phi) is 4.66. The molecule has 1 aromatic carbocycles. The smallest absolute Gasteiger partial charge is 0.308 e. The van der Waals surface area contributed by atoms with E-state index >= 15 is 0 Å². The number of piperidine rings is 1. The number of anilines is 1. The lowest BCUT2D eigenvalue weighted by atomic mass is 9.99. The molecule has 0 amide bonds. The first-order chi connectivity index (χ1) is 13.1. The van der Waals surface area contributed by atoms with Crippen LogP contribution < -0.4 is 9.64 Å². The Balaban J connectivity index is 1.80. The molecule has 0 bridgehead atoms. The lowest BCUT2D eigenvalue weighted by molar-refractivity contribution is -0.141. The molecule has 1 aliphatic rings. The fraction of sp³-hybridized carbons (Fsp3) is 0.333. The van der Waals surface area contributed by atoms with Gasteiger partial charge in [-0.3, -0.25) is 9.13 Å². The Bertz CT molecular complexity index is 989. The van der Waals surface area contributed by atoms with Crippen LogP contribution in [0.1, 0.15) is 12.8 Å². The maximum Gasteiger partial charge on any atom is 0.308 e. The second kappa shape index (κ2) is 7.12. The maximum atomic E-state index is 11.4. The lowest BCUT2D eigenvalue weighted by Gasteiger charge is -2.30. The summed E-state index contributed by atoms with van der Waals surface area (Å²) < 4.78 is 7.00. The zero-order chi connectivity index (χ0) is 19.0. The van der Waals surface area contributed by atoms with Crippen molar-refractivity contribution in [2.45, 2.75) is 12.8 Å². The van der Waals surface area contributed by atoms with E-state index in [-0.39, 0.29) is 0 Å². The third kappa shape index (κ3) is 3.32. The minimum absolute atomic E-state index is 0.400. The van der Waals surface area contributed by atoms with Crippen molar-refractivity contribution >= 4 is 32.5 Å². The predicted molar refractivity (Wildman–Crippen MR) is 105 cm³/mol. The van der Waals surface area contributed by atoms with Crippen molar-refractivity contribution in [3.63, 3.8) is 0 Å². The Labute approximate surface area is 158 Å². The van der Waals surface area contributed by atoms with Gasteiger partial charge in [0.2, 0.25) is 5.95 Å². The number of benzene rings is 1. The number of nitrogens with zero attached hydrogens (tertiary/aromatic N) is 5. The predicted octanol–water partition coefficient (Wildman–Crippen LogP) is 2.44. The van der Waals surface area contributed by atoms with E-state index in [4.69, 9.17) is 9.72 Å². The molecule has 140 valence electrons. The normalized spacial score (nSPS) is 17.3. The van der Waals surface area contributed by atoms with E-state index in [9.17, 15) is 9.90 Å². The van der Waals surface area contributed by atoms with Crippen molar-refractivity contribution in [3.05, 3.63) is 30.6 Å². The minimum atomic E-state index is -0.771. The van der Waals surface area contributed by atoms with Gasteiger partial charge in [0.05, 0.1) is 13.0 Å². The molecular formula is C18H20N5O3P. The van der Waals surface area contributed by atoms with Crippen LogP contribution in [0.5, 0.6) is 5.75 Å². The molecule has 3 aromatic rings. The molecule has 27 heavy (non-hydrogen) atoms. The second-order valence-corrected chi connectivity index (χ2v) is 7.10. The molecule has 1 N–H and O–H groups in total. The first kappa shape index (κ1) is 17.7. The SMILES string of the molecule is COc1ccc(-c2nc(N3CCCC(C(=O)O)C3)nc3c2ncn3P)cc1. The van der Waals surface area contributed by atoms with Crippen molar-refractivity contribution < 1.29 is 14.6 Å². The van der Waals surface area contributed by atoms with Crippen LogP contribution in [0, 0.1) is 5.92 Å². The number of hydrogen-bond acceptors (Lipinski definition) is 6. The van der Waals surface area contributed by atoms with E-state index in [0.29, 0.717) is 30.1 Å². The molecule has 2 aromatic heterocycles. The second-order valence-electron chi connectivity index (χ2n) is 6.55. The Morgan fingerprint density at radius 1 is 1.30 bits per heavy atom. The van der Waals surface area contributed by atoms with Crippen molar-refractivity contribution in [3.8, 4) is 17.0 Å². The van der Waals surface area contributed by atoms with Gasteiger partial charge in [0, 0.05) is 18.7 Å². The van der Waals surface area contributed by atoms with E-state index < -0.39 is 11.9 Å². The molecule has 0 radical (unpaired) electrons. The molecule has 8 nitrogen and oxygen atoms in total. The van der Waals surface area contributed by atoms with Gasteiger partial charge < -0.3 is 14.7 Å². The van der Waals surface area contributed by atoms with Gasteiger partial charge in [0.25, 0.3) is 0 Å². The number of carboxylic acids is 1. The molecule has 4 rings (SSSR count). The van der Waals surface area contributed by atoms with Crippen LogP contribution in [0.15, 0.2) is 30.6 Å². The number of aliphatic carboxylic acids is 1. The Morgan fingerprint density at radius 2 is 2.07 bits per heavy atom. The zero-order valence-electron chi connectivity index (χ0n) is 14.9.